The minimum absolute atomic E-state index is 1.16. The number of hydrogen-bond donors (Lipinski definition) is 0. The van der Waals surface area contributed by atoms with Gasteiger partial charge in [-0.1, -0.05) is 12.2 Å². The number of fused-ring (bicyclic) bond motifs is 1. The topological polar surface area (TPSA) is 12.9 Å². The maximum absolute atomic E-state index is 4.19. The lowest BCUT2D eigenvalue weighted by molar-refractivity contribution is 1.10. The van der Waals surface area contributed by atoms with Crippen molar-refractivity contribution in [3.05, 3.63) is 15.4 Å². The zero-order valence-corrected chi connectivity index (χ0v) is 5.82. The molecule has 0 aromatic carbocycles. The van der Waals surface area contributed by atoms with Crippen LogP contribution in [0, 0.1) is 0 Å². The summed E-state index contributed by atoms with van der Waals surface area (Å²) < 4.78 is 1.35. The molecule has 1 aliphatic rings. The van der Waals surface area contributed by atoms with E-state index in [1.807, 2.05) is 5.51 Å². The summed E-state index contributed by atoms with van der Waals surface area (Å²) in [6, 6.07) is 0. The fraction of sp³-hybridized carbons (Fsp3) is 0.286. The number of nitrogens with zero attached hydrogens (tertiary/aromatic N) is 1. The second kappa shape index (κ2) is 1.95. The highest BCUT2D eigenvalue weighted by Gasteiger charge is 1.92. The van der Waals surface area contributed by atoms with Crippen LogP contribution in [0.25, 0.3) is 12.2 Å². The highest BCUT2D eigenvalue weighted by molar-refractivity contribution is 7.07. The van der Waals surface area contributed by atoms with Crippen molar-refractivity contribution in [3.8, 4) is 0 Å². The highest BCUT2D eigenvalue weighted by atomic mass is 32.1. The molecule has 0 aliphatic heterocycles. The van der Waals surface area contributed by atoms with Gasteiger partial charge in [0.25, 0.3) is 0 Å². The Morgan fingerprint density at radius 3 is 3.11 bits per heavy atom. The molecule has 0 atom stereocenters. The lowest BCUT2D eigenvalue weighted by Crippen LogP contribution is -2.22. The Labute approximate surface area is 57.4 Å². The molecule has 1 aromatic heterocycles. The van der Waals surface area contributed by atoms with Crippen molar-refractivity contribution < 1.29 is 0 Å². The molecule has 2 heteroatoms. The molecule has 0 amide bonds. The van der Waals surface area contributed by atoms with E-state index < -0.39 is 0 Å². The third-order valence-corrected chi connectivity index (χ3v) is 2.30. The number of thiazole rings is 1. The molecular weight excluding hydrogens is 130 g/mol. The van der Waals surface area contributed by atoms with E-state index in [1.54, 1.807) is 11.3 Å². The van der Waals surface area contributed by atoms with Gasteiger partial charge in [-0.3, -0.25) is 0 Å². The first-order valence-corrected chi connectivity index (χ1v) is 3.95. The van der Waals surface area contributed by atoms with Crippen LogP contribution in [0.2, 0.25) is 0 Å². The summed E-state index contributed by atoms with van der Waals surface area (Å²) in [5, 5.41) is 1.19. The van der Waals surface area contributed by atoms with Gasteiger partial charge in [0.1, 0.15) is 0 Å². The van der Waals surface area contributed by atoms with Gasteiger partial charge < -0.3 is 0 Å². The zero-order chi connectivity index (χ0) is 6.10. The van der Waals surface area contributed by atoms with E-state index in [4.69, 9.17) is 0 Å². The van der Waals surface area contributed by atoms with Crippen molar-refractivity contribution in [2.75, 3.05) is 0 Å². The van der Waals surface area contributed by atoms with E-state index in [1.165, 1.54) is 16.3 Å². The first kappa shape index (κ1) is 5.18. The maximum Gasteiger partial charge on any atom is 0.0805 e. The van der Waals surface area contributed by atoms with Gasteiger partial charge in [-0.15, -0.1) is 11.3 Å². The Bertz CT molecular complexity index is 279. The maximum atomic E-state index is 4.19. The van der Waals surface area contributed by atoms with Gasteiger partial charge in [0.15, 0.2) is 0 Å². The normalized spacial score (nSPS) is 15.6. The Morgan fingerprint density at radius 2 is 2.22 bits per heavy atom. The molecule has 0 fully saturated rings. The zero-order valence-electron chi connectivity index (χ0n) is 5.00. The van der Waals surface area contributed by atoms with Crippen LogP contribution in [-0.4, -0.2) is 4.98 Å². The van der Waals surface area contributed by atoms with Crippen LogP contribution in [0.5, 0.6) is 0 Å². The second-order valence-corrected chi connectivity index (χ2v) is 2.97. The molecular formula is C7H7NS. The molecule has 0 N–H and O–H groups in total. The third kappa shape index (κ3) is 0.793. The molecule has 0 spiro atoms. The monoisotopic (exact) mass is 137 g/mol. The summed E-state index contributed by atoms with van der Waals surface area (Å²) in [7, 11) is 0. The molecule has 0 saturated heterocycles. The van der Waals surface area contributed by atoms with E-state index in [9.17, 15) is 0 Å². The van der Waals surface area contributed by atoms with E-state index in [-0.39, 0.29) is 0 Å². The van der Waals surface area contributed by atoms with Crippen LogP contribution >= 0.6 is 11.3 Å². The van der Waals surface area contributed by atoms with Crippen molar-refractivity contribution in [1.29, 1.82) is 0 Å². The van der Waals surface area contributed by atoms with E-state index in [0.29, 0.717) is 0 Å². The molecule has 46 valence electrons. The third-order valence-electron chi connectivity index (χ3n) is 1.46. The van der Waals surface area contributed by atoms with Crippen molar-refractivity contribution >= 4 is 23.5 Å². The van der Waals surface area contributed by atoms with Crippen LogP contribution in [0.3, 0.4) is 0 Å². The molecule has 0 radical (unpaired) electrons. The van der Waals surface area contributed by atoms with Crippen LogP contribution in [-0.2, 0) is 0 Å². The molecule has 9 heavy (non-hydrogen) atoms. The summed E-state index contributed by atoms with van der Waals surface area (Å²) in [5.74, 6) is 0. The second-order valence-electron chi connectivity index (χ2n) is 2.09. The van der Waals surface area contributed by atoms with Crippen LogP contribution in [0.15, 0.2) is 5.51 Å². The van der Waals surface area contributed by atoms with Crippen LogP contribution < -0.4 is 9.88 Å². The van der Waals surface area contributed by atoms with Gasteiger partial charge in [-0.2, -0.15) is 0 Å². The van der Waals surface area contributed by atoms with E-state index in [2.05, 4.69) is 17.1 Å². The Kier molecular flexibility index (Phi) is 1.12. The Morgan fingerprint density at radius 1 is 1.33 bits per heavy atom. The van der Waals surface area contributed by atoms with Crippen LogP contribution in [0.4, 0.5) is 0 Å². The molecule has 1 nitrogen and oxygen atoms in total. The Hall–Kier alpha value is -0.630. The minimum Gasteiger partial charge on any atom is -0.245 e. The average Bonchev–Trinajstić information content (AvgIpc) is 2.33. The lowest BCUT2D eigenvalue weighted by atomic mass is 10.2. The molecule has 1 aromatic rings. The van der Waals surface area contributed by atoms with Gasteiger partial charge in [-0.25, -0.2) is 4.98 Å². The summed E-state index contributed by atoms with van der Waals surface area (Å²) >= 11 is 1.73. The fourth-order valence-corrected chi connectivity index (χ4v) is 1.76. The van der Waals surface area contributed by atoms with Gasteiger partial charge in [0, 0.05) is 4.53 Å². The van der Waals surface area contributed by atoms with Crippen molar-refractivity contribution in [3.63, 3.8) is 0 Å². The lowest BCUT2D eigenvalue weighted by Gasteiger charge is -1.89. The van der Waals surface area contributed by atoms with Crippen LogP contribution in [0.1, 0.15) is 12.8 Å². The van der Waals surface area contributed by atoms with Crippen molar-refractivity contribution in [2.24, 2.45) is 0 Å². The van der Waals surface area contributed by atoms with Gasteiger partial charge in [0.2, 0.25) is 0 Å². The summed E-state index contributed by atoms with van der Waals surface area (Å²) in [4.78, 5) is 4.19. The molecule has 1 heterocycles. The smallest absolute Gasteiger partial charge is 0.0805 e. The van der Waals surface area contributed by atoms with E-state index >= 15 is 0 Å². The fourth-order valence-electron chi connectivity index (χ4n) is 1.00. The van der Waals surface area contributed by atoms with Crippen molar-refractivity contribution in [2.45, 2.75) is 12.8 Å². The summed E-state index contributed by atoms with van der Waals surface area (Å²) in [5.41, 5.74) is 1.91. The SMILES string of the molecule is C1=c2ncsc2=CCC1. The molecule has 0 saturated carbocycles. The molecule has 1 aliphatic carbocycles. The predicted octanol–water partition coefficient (Wildman–Crippen LogP) is 0.498. The van der Waals surface area contributed by atoms with E-state index in [0.717, 1.165) is 6.42 Å². The number of aromatic nitrogens is 1. The predicted molar refractivity (Wildman–Crippen MR) is 39.5 cm³/mol. The molecule has 0 bridgehead atoms. The minimum atomic E-state index is 1.16. The van der Waals surface area contributed by atoms with Gasteiger partial charge in [-0.05, 0) is 12.8 Å². The first-order chi connectivity index (χ1) is 4.47. The Balaban J connectivity index is 2.89. The number of hydrogen-bond acceptors (Lipinski definition) is 2. The summed E-state index contributed by atoms with van der Waals surface area (Å²) in [6.07, 6.45) is 6.81. The largest absolute Gasteiger partial charge is 0.245 e. The van der Waals surface area contributed by atoms with Gasteiger partial charge >= 0.3 is 0 Å². The quantitative estimate of drug-likeness (QED) is 0.507. The summed E-state index contributed by atoms with van der Waals surface area (Å²) in [6.45, 7) is 0. The first-order valence-electron chi connectivity index (χ1n) is 3.07. The standard InChI is InChI=1S/C7H7NS/c1-2-4-7-6(3-1)8-5-9-7/h3-5H,1-2H2. The number of rotatable bonds is 0. The highest BCUT2D eigenvalue weighted by Crippen LogP contribution is 1.94. The molecule has 2 rings (SSSR count). The van der Waals surface area contributed by atoms with Crippen molar-refractivity contribution in [1.82, 2.24) is 4.98 Å². The average molecular weight is 137 g/mol. The molecule has 0 unspecified atom stereocenters. The van der Waals surface area contributed by atoms with Gasteiger partial charge in [0.05, 0.1) is 10.9 Å².